The molecule has 0 aromatic carbocycles. The monoisotopic (exact) mass is 266 g/mol. The molecule has 0 spiro atoms. The lowest BCUT2D eigenvalue weighted by atomic mass is 9.96. The van der Waals surface area contributed by atoms with Gasteiger partial charge in [0.25, 0.3) is 0 Å². The van der Waals surface area contributed by atoms with E-state index in [1.54, 1.807) is 11.3 Å². The molecule has 4 heteroatoms. The van der Waals surface area contributed by atoms with Crippen LogP contribution in [0.25, 0.3) is 0 Å². The van der Waals surface area contributed by atoms with Crippen LogP contribution < -0.4 is 5.32 Å². The van der Waals surface area contributed by atoms with Crippen LogP contribution in [-0.2, 0) is 11.2 Å². The molecule has 1 fully saturated rings. The van der Waals surface area contributed by atoms with Crippen molar-refractivity contribution in [3.8, 4) is 0 Å². The minimum atomic E-state index is 0.291. The summed E-state index contributed by atoms with van der Waals surface area (Å²) in [5.41, 5.74) is 0. The Morgan fingerprint density at radius 3 is 2.89 bits per heavy atom. The topological polar surface area (TPSA) is 32.3 Å². The molecule has 1 amide bonds. The van der Waals surface area contributed by atoms with E-state index in [4.69, 9.17) is 0 Å². The van der Waals surface area contributed by atoms with Crippen molar-refractivity contribution in [1.82, 2.24) is 10.2 Å². The third-order valence-corrected chi connectivity index (χ3v) is 4.43. The Bertz CT molecular complexity index is 356. The van der Waals surface area contributed by atoms with Crippen LogP contribution >= 0.6 is 11.3 Å². The first-order valence-electron chi connectivity index (χ1n) is 6.80. The summed E-state index contributed by atoms with van der Waals surface area (Å²) in [6.07, 6.45) is 2.86. The van der Waals surface area contributed by atoms with Crippen LogP contribution in [0.2, 0.25) is 0 Å². The predicted molar refractivity (Wildman–Crippen MR) is 75.9 cm³/mol. The number of thiophene rings is 1. The summed E-state index contributed by atoms with van der Waals surface area (Å²) < 4.78 is 0. The Hall–Kier alpha value is -0.870. The second-order valence-electron chi connectivity index (χ2n) is 4.89. The number of hydrogen-bond donors (Lipinski definition) is 1. The molecule has 0 atom stereocenters. The summed E-state index contributed by atoms with van der Waals surface area (Å²) >= 11 is 1.67. The lowest BCUT2D eigenvalue weighted by Gasteiger charge is -2.32. The predicted octanol–water partition coefficient (Wildman–Crippen LogP) is 2.14. The maximum absolute atomic E-state index is 12.1. The number of nitrogens with one attached hydrogen (secondary N) is 1. The number of piperidine rings is 1. The van der Waals surface area contributed by atoms with Crippen LogP contribution in [0.1, 0.15) is 24.6 Å². The molecule has 100 valence electrons. The summed E-state index contributed by atoms with van der Waals surface area (Å²) in [5.74, 6) is 1.04. The van der Waals surface area contributed by atoms with Gasteiger partial charge in [-0.25, -0.2) is 0 Å². The minimum absolute atomic E-state index is 0.291. The molecule has 1 aromatic rings. The minimum Gasteiger partial charge on any atom is -0.342 e. The smallest absolute Gasteiger partial charge is 0.227 e. The molecule has 0 saturated carbocycles. The van der Waals surface area contributed by atoms with Crippen LogP contribution in [0.3, 0.4) is 0 Å². The van der Waals surface area contributed by atoms with Gasteiger partial charge in [-0.15, -0.1) is 11.3 Å². The Balaban J connectivity index is 1.73. The molecular formula is C14H22N2OS. The molecule has 1 aromatic heterocycles. The fourth-order valence-electron chi connectivity index (χ4n) is 2.41. The largest absolute Gasteiger partial charge is 0.342 e. The van der Waals surface area contributed by atoms with Gasteiger partial charge in [0.2, 0.25) is 5.91 Å². The second-order valence-corrected chi connectivity index (χ2v) is 5.92. The average molecular weight is 266 g/mol. The molecule has 18 heavy (non-hydrogen) atoms. The van der Waals surface area contributed by atoms with Crippen molar-refractivity contribution in [2.24, 2.45) is 5.92 Å². The molecular weight excluding hydrogens is 244 g/mol. The first kappa shape index (κ1) is 13.6. The van der Waals surface area contributed by atoms with Crippen molar-refractivity contribution in [2.45, 2.75) is 26.2 Å². The fourth-order valence-corrected chi connectivity index (χ4v) is 3.10. The summed E-state index contributed by atoms with van der Waals surface area (Å²) in [6, 6.07) is 4.05. The van der Waals surface area contributed by atoms with E-state index in [1.807, 2.05) is 22.4 Å². The van der Waals surface area contributed by atoms with Gasteiger partial charge in [0, 0.05) is 18.0 Å². The van der Waals surface area contributed by atoms with Crippen molar-refractivity contribution in [3.63, 3.8) is 0 Å². The van der Waals surface area contributed by atoms with E-state index < -0.39 is 0 Å². The quantitative estimate of drug-likeness (QED) is 0.885. The van der Waals surface area contributed by atoms with Gasteiger partial charge in [-0.2, -0.15) is 0 Å². The van der Waals surface area contributed by atoms with Gasteiger partial charge >= 0.3 is 0 Å². The third-order valence-electron chi connectivity index (χ3n) is 3.56. The zero-order chi connectivity index (χ0) is 12.8. The van der Waals surface area contributed by atoms with E-state index in [-0.39, 0.29) is 0 Å². The SMILES string of the molecule is CCNCC1CCN(C(=O)Cc2cccs2)CC1. The molecule has 0 bridgehead atoms. The maximum Gasteiger partial charge on any atom is 0.227 e. The number of hydrogen-bond acceptors (Lipinski definition) is 3. The molecule has 2 heterocycles. The van der Waals surface area contributed by atoms with Gasteiger partial charge in [0.05, 0.1) is 6.42 Å². The third kappa shape index (κ3) is 3.82. The molecule has 1 aliphatic heterocycles. The van der Waals surface area contributed by atoms with E-state index in [0.29, 0.717) is 12.3 Å². The molecule has 3 nitrogen and oxygen atoms in total. The summed E-state index contributed by atoms with van der Waals surface area (Å²) in [5, 5.41) is 5.43. The zero-order valence-corrected chi connectivity index (χ0v) is 11.8. The second kappa shape index (κ2) is 6.90. The highest BCUT2D eigenvalue weighted by molar-refractivity contribution is 7.10. The highest BCUT2D eigenvalue weighted by Crippen LogP contribution is 2.18. The van der Waals surface area contributed by atoms with Gasteiger partial charge in [0.1, 0.15) is 0 Å². The van der Waals surface area contributed by atoms with E-state index in [9.17, 15) is 4.79 Å². The van der Waals surface area contributed by atoms with Crippen LogP contribution in [0.5, 0.6) is 0 Å². The van der Waals surface area contributed by atoms with Gasteiger partial charge in [-0.05, 0) is 43.3 Å². The Kier molecular flexibility index (Phi) is 5.20. The molecule has 1 saturated heterocycles. The van der Waals surface area contributed by atoms with Crippen molar-refractivity contribution in [2.75, 3.05) is 26.2 Å². The van der Waals surface area contributed by atoms with Gasteiger partial charge in [-0.1, -0.05) is 13.0 Å². The van der Waals surface area contributed by atoms with E-state index in [1.165, 1.54) is 4.88 Å². The lowest BCUT2D eigenvalue weighted by Crippen LogP contribution is -2.41. The number of nitrogens with zero attached hydrogens (tertiary/aromatic N) is 1. The average Bonchev–Trinajstić information content (AvgIpc) is 2.89. The molecule has 2 rings (SSSR count). The fraction of sp³-hybridized carbons (Fsp3) is 0.643. The summed E-state index contributed by atoms with van der Waals surface area (Å²) in [7, 11) is 0. The van der Waals surface area contributed by atoms with Crippen molar-refractivity contribution >= 4 is 17.2 Å². The number of likely N-dealkylation sites (tertiary alicyclic amines) is 1. The molecule has 0 unspecified atom stereocenters. The van der Waals surface area contributed by atoms with Crippen molar-refractivity contribution < 1.29 is 4.79 Å². The molecule has 1 aliphatic rings. The van der Waals surface area contributed by atoms with Gasteiger partial charge in [-0.3, -0.25) is 4.79 Å². The standard InChI is InChI=1S/C14H22N2OS/c1-2-15-11-12-5-7-16(8-6-12)14(17)10-13-4-3-9-18-13/h3-4,9,12,15H,2,5-8,10-11H2,1H3. The van der Waals surface area contributed by atoms with Gasteiger partial charge < -0.3 is 10.2 Å². The first-order valence-corrected chi connectivity index (χ1v) is 7.68. The normalized spacial score (nSPS) is 17.1. The van der Waals surface area contributed by atoms with Crippen molar-refractivity contribution in [3.05, 3.63) is 22.4 Å². The number of carbonyl (C=O) groups excluding carboxylic acids is 1. The van der Waals surface area contributed by atoms with Crippen LogP contribution in [0, 0.1) is 5.92 Å². The van der Waals surface area contributed by atoms with E-state index >= 15 is 0 Å². The number of amides is 1. The Morgan fingerprint density at radius 1 is 1.50 bits per heavy atom. The number of rotatable bonds is 5. The van der Waals surface area contributed by atoms with Crippen LogP contribution in [-0.4, -0.2) is 37.0 Å². The van der Waals surface area contributed by atoms with E-state index in [2.05, 4.69) is 12.2 Å². The Labute approximate surface area is 113 Å². The Morgan fingerprint density at radius 2 is 2.28 bits per heavy atom. The highest BCUT2D eigenvalue weighted by Gasteiger charge is 2.22. The van der Waals surface area contributed by atoms with Gasteiger partial charge in [0.15, 0.2) is 0 Å². The van der Waals surface area contributed by atoms with E-state index in [0.717, 1.165) is 44.9 Å². The molecule has 0 radical (unpaired) electrons. The molecule has 0 aliphatic carbocycles. The molecule has 1 N–H and O–H groups in total. The van der Waals surface area contributed by atoms with Crippen molar-refractivity contribution in [1.29, 1.82) is 0 Å². The van der Waals surface area contributed by atoms with Crippen LogP contribution in [0.4, 0.5) is 0 Å². The first-order chi connectivity index (χ1) is 8.79. The maximum atomic E-state index is 12.1. The highest BCUT2D eigenvalue weighted by atomic mass is 32.1. The lowest BCUT2D eigenvalue weighted by molar-refractivity contribution is -0.131. The zero-order valence-electron chi connectivity index (χ0n) is 11.0. The van der Waals surface area contributed by atoms with Crippen LogP contribution in [0.15, 0.2) is 17.5 Å². The number of carbonyl (C=O) groups is 1. The summed E-state index contributed by atoms with van der Waals surface area (Å²) in [4.78, 5) is 15.3. The summed E-state index contributed by atoms with van der Waals surface area (Å²) in [6.45, 7) is 6.14.